The van der Waals surface area contributed by atoms with Crippen LogP contribution in [0, 0.1) is 0 Å². The molecule has 1 aromatic carbocycles. The molecular formula is C18H25NO3. The number of aliphatic hydroxyl groups is 1. The number of carbonyl (C=O) groups is 1. The van der Waals surface area contributed by atoms with Gasteiger partial charge in [0.2, 0.25) is 0 Å². The van der Waals surface area contributed by atoms with E-state index in [1.54, 1.807) is 0 Å². The Balaban J connectivity index is 1.51. The van der Waals surface area contributed by atoms with Gasteiger partial charge in [-0.2, -0.15) is 0 Å². The standard InChI is InChI=1S/C18H25NO3/c20-15-9-7-14(8-10-15)19-18(21)13-5-11-17(12-6-13)22-16-3-1-2-4-16/h5-6,11-12,14-16,20H,1-4,7-10H2,(H,19,21). The summed E-state index contributed by atoms with van der Waals surface area (Å²) in [5, 5.41) is 12.6. The first-order valence-electron chi connectivity index (χ1n) is 8.46. The molecule has 4 nitrogen and oxygen atoms in total. The van der Waals surface area contributed by atoms with E-state index in [0.717, 1.165) is 44.3 Å². The normalized spacial score (nSPS) is 25.9. The Kier molecular flexibility index (Phi) is 4.98. The van der Waals surface area contributed by atoms with E-state index in [1.165, 1.54) is 12.8 Å². The molecule has 1 amide bonds. The van der Waals surface area contributed by atoms with Crippen LogP contribution in [0.4, 0.5) is 0 Å². The van der Waals surface area contributed by atoms with Crippen molar-refractivity contribution in [3.05, 3.63) is 29.8 Å². The Morgan fingerprint density at radius 1 is 1.00 bits per heavy atom. The monoisotopic (exact) mass is 303 g/mol. The van der Waals surface area contributed by atoms with E-state index in [2.05, 4.69) is 5.32 Å². The van der Waals surface area contributed by atoms with Crippen LogP contribution >= 0.6 is 0 Å². The summed E-state index contributed by atoms with van der Waals surface area (Å²) in [6, 6.07) is 7.62. The van der Waals surface area contributed by atoms with Gasteiger partial charge in [-0.15, -0.1) is 0 Å². The number of aliphatic hydroxyl groups excluding tert-OH is 1. The zero-order chi connectivity index (χ0) is 15.4. The zero-order valence-electron chi connectivity index (χ0n) is 13.0. The SMILES string of the molecule is O=C(NC1CCC(O)CC1)c1ccc(OC2CCCC2)cc1. The third-order valence-electron chi connectivity index (χ3n) is 4.75. The van der Waals surface area contributed by atoms with Crippen LogP contribution in [0.25, 0.3) is 0 Å². The summed E-state index contributed by atoms with van der Waals surface area (Å²) in [6.07, 6.45) is 8.19. The van der Waals surface area contributed by atoms with Gasteiger partial charge in [-0.25, -0.2) is 0 Å². The molecule has 0 spiro atoms. The summed E-state index contributed by atoms with van der Waals surface area (Å²) in [5.74, 6) is 0.818. The second kappa shape index (κ2) is 7.14. The maximum Gasteiger partial charge on any atom is 0.251 e. The van der Waals surface area contributed by atoms with Crippen molar-refractivity contribution in [3.8, 4) is 5.75 Å². The molecule has 1 aromatic rings. The average molecular weight is 303 g/mol. The van der Waals surface area contributed by atoms with Crippen molar-refractivity contribution in [2.45, 2.75) is 69.6 Å². The summed E-state index contributed by atoms with van der Waals surface area (Å²) in [5.41, 5.74) is 0.671. The van der Waals surface area contributed by atoms with Crippen molar-refractivity contribution in [2.75, 3.05) is 0 Å². The van der Waals surface area contributed by atoms with E-state index < -0.39 is 0 Å². The minimum atomic E-state index is -0.194. The van der Waals surface area contributed by atoms with Crippen molar-refractivity contribution in [3.63, 3.8) is 0 Å². The van der Waals surface area contributed by atoms with Crippen LogP contribution < -0.4 is 10.1 Å². The van der Waals surface area contributed by atoms with Gasteiger partial charge in [0, 0.05) is 11.6 Å². The summed E-state index contributed by atoms with van der Waals surface area (Å²) < 4.78 is 5.91. The molecule has 0 heterocycles. The predicted octanol–water partition coefficient (Wildman–Crippen LogP) is 3.04. The molecule has 0 radical (unpaired) electrons. The van der Waals surface area contributed by atoms with E-state index in [1.807, 2.05) is 24.3 Å². The average Bonchev–Trinajstić information content (AvgIpc) is 3.03. The lowest BCUT2D eigenvalue weighted by atomic mass is 9.93. The summed E-state index contributed by atoms with van der Waals surface area (Å²) in [7, 11) is 0. The quantitative estimate of drug-likeness (QED) is 0.899. The van der Waals surface area contributed by atoms with Gasteiger partial charge in [0.1, 0.15) is 5.75 Å². The predicted molar refractivity (Wildman–Crippen MR) is 85.1 cm³/mol. The maximum atomic E-state index is 12.2. The molecule has 120 valence electrons. The maximum absolute atomic E-state index is 12.2. The first kappa shape index (κ1) is 15.3. The fourth-order valence-electron chi connectivity index (χ4n) is 3.37. The molecule has 2 aliphatic carbocycles. The van der Waals surface area contributed by atoms with Crippen molar-refractivity contribution < 1.29 is 14.6 Å². The lowest BCUT2D eigenvalue weighted by Gasteiger charge is -2.26. The molecule has 0 aliphatic heterocycles. The molecule has 2 saturated carbocycles. The summed E-state index contributed by atoms with van der Waals surface area (Å²) in [4.78, 5) is 12.2. The van der Waals surface area contributed by atoms with Gasteiger partial charge >= 0.3 is 0 Å². The Labute approximate surface area is 131 Å². The van der Waals surface area contributed by atoms with E-state index >= 15 is 0 Å². The number of carbonyl (C=O) groups excluding carboxylic acids is 1. The van der Waals surface area contributed by atoms with Crippen LogP contribution in [0.15, 0.2) is 24.3 Å². The van der Waals surface area contributed by atoms with E-state index in [0.29, 0.717) is 11.7 Å². The van der Waals surface area contributed by atoms with Crippen molar-refractivity contribution in [1.82, 2.24) is 5.32 Å². The van der Waals surface area contributed by atoms with Crippen LogP contribution in [0.3, 0.4) is 0 Å². The highest BCUT2D eigenvalue weighted by Crippen LogP contribution is 2.24. The lowest BCUT2D eigenvalue weighted by Crippen LogP contribution is -2.38. The van der Waals surface area contributed by atoms with Crippen LogP contribution in [0.5, 0.6) is 5.75 Å². The highest BCUT2D eigenvalue weighted by molar-refractivity contribution is 5.94. The van der Waals surface area contributed by atoms with Crippen molar-refractivity contribution >= 4 is 5.91 Å². The fourth-order valence-corrected chi connectivity index (χ4v) is 3.37. The van der Waals surface area contributed by atoms with Crippen LogP contribution in [0.1, 0.15) is 61.7 Å². The Hall–Kier alpha value is -1.55. The lowest BCUT2D eigenvalue weighted by molar-refractivity contribution is 0.0867. The zero-order valence-corrected chi connectivity index (χ0v) is 13.0. The molecule has 3 rings (SSSR count). The molecule has 0 atom stereocenters. The minimum absolute atomic E-state index is 0.0335. The first-order valence-corrected chi connectivity index (χ1v) is 8.46. The number of hydrogen-bond acceptors (Lipinski definition) is 3. The summed E-state index contributed by atoms with van der Waals surface area (Å²) >= 11 is 0. The van der Waals surface area contributed by atoms with Gasteiger partial charge in [0.15, 0.2) is 0 Å². The molecule has 0 aromatic heterocycles. The highest BCUT2D eigenvalue weighted by atomic mass is 16.5. The molecule has 0 saturated heterocycles. The van der Waals surface area contributed by atoms with Gasteiger partial charge < -0.3 is 15.2 Å². The second-order valence-corrected chi connectivity index (χ2v) is 6.53. The number of ether oxygens (including phenoxy) is 1. The van der Waals surface area contributed by atoms with Crippen LogP contribution in [-0.2, 0) is 0 Å². The van der Waals surface area contributed by atoms with Crippen LogP contribution in [-0.4, -0.2) is 29.3 Å². The van der Waals surface area contributed by atoms with Crippen molar-refractivity contribution in [2.24, 2.45) is 0 Å². The molecule has 2 N–H and O–H groups in total. The number of nitrogens with one attached hydrogen (secondary N) is 1. The smallest absolute Gasteiger partial charge is 0.251 e. The molecule has 4 heteroatoms. The second-order valence-electron chi connectivity index (χ2n) is 6.53. The highest BCUT2D eigenvalue weighted by Gasteiger charge is 2.21. The third kappa shape index (κ3) is 4.01. The first-order chi connectivity index (χ1) is 10.7. The number of amides is 1. The number of hydrogen-bond donors (Lipinski definition) is 2. The third-order valence-corrected chi connectivity index (χ3v) is 4.75. The minimum Gasteiger partial charge on any atom is -0.490 e. The van der Waals surface area contributed by atoms with Gasteiger partial charge in [-0.1, -0.05) is 0 Å². The van der Waals surface area contributed by atoms with Gasteiger partial charge in [-0.3, -0.25) is 4.79 Å². The number of benzene rings is 1. The van der Waals surface area contributed by atoms with E-state index in [-0.39, 0.29) is 18.1 Å². The molecule has 22 heavy (non-hydrogen) atoms. The Bertz CT molecular complexity index is 486. The van der Waals surface area contributed by atoms with E-state index in [4.69, 9.17) is 4.74 Å². The van der Waals surface area contributed by atoms with E-state index in [9.17, 15) is 9.90 Å². The molecule has 0 unspecified atom stereocenters. The van der Waals surface area contributed by atoms with Crippen LogP contribution in [0.2, 0.25) is 0 Å². The molecular weight excluding hydrogens is 278 g/mol. The topological polar surface area (TPSA) is 58.6 Å². The fraction of sp³-hybridized carbons (Fsp3) is 0.611. The molecule has 0 bridgehead atoms. The Morgan fingerprint density at radius 3 is 2.27 bits per heavy atom. The number of rotatable bonds is 4. The molecule has 2 fully saturated rings. The van der Waals surface area contributed by atoms with Gasteiger partial charge in [0.25, 0.3) is 5.91 Å². The Morgan fingerprint density at radius 2 is 1.64 bits per heavy atom. The summed E-state index contributed by atoms with van der Waals surface area (Å²) in [6.45, 7) is 0. The van der Waals surface area contributed by atoms with Gasteiger partial charge in [0.05, 0.1) is 12.2 Å². The molecule has 2 aliphatic rings. The van der Waals surface area contributed by atoms with Gasteiger partial charge in [-0.05, 0) is 75.6 Å². The van der Waals surface area contributed by atoms with Crippen molar-refractivity contribution in [1.29, 1.82) is 0 Å². The largest absolute Gasteiger partial charge is 0.490 e.